The first-order chi connectivity index (χ1) is 7.27. The van der Waals surface area contributed by atoms with E-state index in [4.69, 9.17) is 5.11 Å². The van der Waals surface area contributed by atoms with Crippen molar-refractivity contribution >= 4 is 5.78 Å². The van der Waals surface area contributed by atoms with E-state index in [0.717, 1.165) is 44.4 Å². The number of unbranched alkanes of at least 4 members (excludes halogenated alkanes) is 1. The zero-order chi connectivity index (χ0) is 11.1. The summed E-state index contributed by atoms with van der Waals surface area (Å²) in [6, 6.07) is 0. The molecule has 2 nitrogen and oxygen atoms in total. The molecule has 1 rings (SSSR count). The molecule has 2 unspecified atom stereocenters. The van der Waals surface area contributed by atoms with E-state index in [2.05, 4.69) is 6.92 Å². The molecule has 0 saturated heterocycles. The van der Waals surface area contributed by atoms with Crippen LogP contribution in [0.1, 0.15) is 58.3 Å². The predicted molar refractivity (Wildman–Crippen MR) is 61.7 cm³/mol. The summed E-state index contributed by atoms with van der Waals surface area (Å²) in [7, 11) is 0. The summed E-state index contributed by atoms with van der Waals surface area (Å²) in [5.41, 5.74) is 0. The molecule has 0 heterocycles. The van der Waals surface area contributed by atoms with E-state index in [9.17, 15) is 4.79 Å². The molecule has 88 valence electrons. The zero-order valence-electron chi connectivity index (χ0n) is 9.87. The van der Waals surface area contributed by atoms with Gasteiger partial charge in [0.05, 0.1) is 0 Å². The van der Waals surface area contributed by atoms with E-state index >= 15 is 0 Å². The highest BCUT2D eigenvalue weighted by Crippen LogP contribution is 2.32. The molecule has 0 aromatic rings. The highest BCUT2D eigenvalue weighted by Gasteiger charge is 2.27. The van der Waals surface area contributed by atoms with Gasteiger partial charge in [-0.2, -0.15) is 0 Å². The molecule has 0 aliphatic heterocycles. The van der Waals surface area contributed by atoms with Crippen LogP contribution in [0.2, 0.25) is 0 Å². The molecule has 1 saturated carbocycles. The highest BCUT2D eigenvalue weighted by atomic mass is 16.2. The summed E-state index contributed by atoms with van der Waals surface area (Å²) in [5, 5.41) is 8.71. The van der Waals surface area contributed by atoms with Gasteiger partial charge in [0.2, 0.25) is 0 Å². The van der Waals surface area contributed by atoms with Crippen LogP contribution in [0, 0.1) is 11.8 Å². The fourth-order valence-corrected chi connectivity index (χ4v) is 2.65. The number of carbonyl (C=O) groups is 1. The molecule has 0 aromatic heterocycles. The van der Waals surface area contributed by atoms with Gasteiger partial charge in [0, 0.05) is 18.9 Å². The molecule has 0 amide bonds. The van der Waals surface area contributed by atoms with Gasteiger partial charge >= 0.3 is 0 Å². The third kappa shape index (κ3) is 4.33. The van der Waals surface area contributed by atoms with Gasteiger partial charge in [0.15, 0.2) is 0 Å². The number of carbonyl (C=O) groups excluding carboxylic acids is 1. The lowest BCUT2D eigenvalue weighted by Crippen LogP contribution is -2.24. The van der Waals surface area contributed by atoms with Gasteiger partial charge in [-0.15, -0.1) is 0 Å². The molecular formula is C13H24O2. The fourth-order valence-electron chi connectivity index (χ4n) is 2.65. The van der Waals surface area contributed by atoms with Crippen LogP contribution in [0.15, 0.2) is 0 Å². The van der Waals surface area contributed by atoms with E-state index in [1.807, 2.05) is 0 Å². The molecule has 1 aliphatic carbocycles. The normalized spacial score (nSPS) is 26.9. The van der Waals surface area contributed by atoms with Crippen molar-refractivity contribution in [1.82, 2.24) is 0 Å². The van der Waals surface area contributed by atoms with Gasteiger partial charge in [-0.05, 0) is 31.6 Å². The van der Waals surface area contributed by atoms with Gasteiger partial charge in [0.1, 0.15) is 5.78 Å². The zero-order valence-corrected chi connectivity index (χ0v) is 9.87. The van der Waals surface area contributed by atoms with Crippen LogP contribution in [-0.2, 0) is 4.79 Å². The molecule has 0 bridgehead atoms. The van der Waals surface area contributed by atoms with Crippen molar-refractivity contribution in [1.29, 1.82) is 0 Å². The third-order valence-corrected chi connectivity index (χ3v) is 3.53. The van der Waals surface area contributed by atoms with E-state index < -0.39 is 0 Å². The second kappa shape index (κ2) is 7.00. The Morgan fingerprint density at radius 3 is 2.80 bits per heavy atom. The number of Topliss-reactive ketones (excluding diaryl/α,β-unsaturated/α-hetero) is 1. The minimum absolute atomic E-state index is 0.263. The van der Waals surface area contributed by atoms with Crippen molar-refractivity contribution in [3.05, 3.63) is 0 Å². The highest BCUT2D eigenvalue weighted by molar-refractivity contribution is 5.81. The molecule has 15 heavy (non-hydrogen) atoms. The van der Waals surface area contributed by atoms with Crippen molar-refractivity contribution in [2.24, 2.45) is 11.8 Å². The molecule has 0 spiro atoms. The first-order valence-corrected chi connectivity index (χ1v) is 6.41. The molecule has 2 heteroatoms. The maximum absolute atomic E-state index is 11.7. The molecular weight excluding hydrogens is 188 g/mol. The smallest absolute Gasteiger partial charge is 0.135 e. The monoisotopic (exact) mass is 212 g/mol. The van der Waals surface area contributed by atoms with Gasteiger partial charge in [-0.25, -0.2) is 0 Å². The standard InChI is InChI=1S/C13H24O2/c1-2-5-11-7-8-13(15)12(10-11)6-3-4-9-14/h11-12,14H,2-10H2,1H3. The Morgan fingerprint density at radius 1 is 1.33 bits per heavy atom. The lowest BCUT2D eigenvalue weighted by Gasteiger charge is -2.27. The van der Waals surface area contributed by atoms with Crippen LogP contribution in [0.3, 0.4) is 0 Å². The fraction of sp³-hybridized carbons (Fsp3) is 0.923. The Kier molecular flexibility index (Phi) is 5.92. The average molecular weight is 212 g/mol. The van der Waals surface area contributed by atoms with Gasteiger partial charge < -0.3 is 5.11 Å². The molecule has 1 N–H and O–H groups in total. The predicted octanol–water partition coefficient (Wildman–Crippen LogP) is 2.93. The number of hydrogen-bond donors (Lipinski definition) is 1. The van der Waals surface area contributed by atoms with E-state index in [0.29, 0.717) is 11.7 Å². The molecule has 0 radical (unpaired) electrons. The van der Waals surface area contributed by atoms with Gasteiger partial charge in [-0.1, -0.05) is 26.2 Å². The summed E-state index contributed by atoms with van der Waals surface area (Å²) < 4.78 is 0. The first kappa shape index (κ1) is 12.7. The van der Waals surface area contributed by atoms with Crippen molar-refractivity contribution in [3.8, 4) is 0 Å². The van der Waals surface area contributed by atoms with E-state index in [-0.39, 0.29) is 6.61 Å². The second-order valence-electron chi connectivity index (χ2n) is 4.81. The Bertz CT molecular complexity index is 189. The Balaban J connectivity index is 2.29. The number of rotatable bonds is 6. The molecule has 0 aromatic carbocycles. The maximum Gasteiger partial charge on any atom is 0.135 e. The minimum Gasteiger partial charge on any atom is -0.396 e. The van der Waals surface area contributed by atoms with Crippen molar-refractivity contribution in [2.45, 2.75) is 58.3 Å². The van der Waals surface area contributed by atoms with Crippen LogP contribution in [0.25, 0.3) is 0 Å². The molecule has 2 atom stereocenters. The van der Waals surface area contributed by atoms with Crippen molar-refractivity contribution in [2.75, 3.05) is 6.61 Å². The Labute approximate surface area is 93.1 Å². The molecule has 1 fully saturated rings. The topological polar surface area (TPSA) is 37.3 Å². The summed E-state index contributed by atoms with van der Waals surface area (Å²) in [6.45, 7) is 2.48. The summed E-state index contributed by atoms with van der Waals surface area (Å²) in [5.74, 6) is 1.56. The SMILES string of the molecule is CCCC1CCC(=O)C(CCCCO)C1. The maximum atomic E-state index is 11.7. The van der Waals surface area contributed by atoms with Gasteiger partial charge in [-0.3, -0.25) is 4.79 Å². The average Bonchev–Trinajstić information content (AvgIpc) is 2.23. The van der Waals surface area contributed by atoms with Gasteiger partial charge in [0.25, 0.3) is 0 Å². The van der Waals surface area contributed by atoms with Crippen molar-refractivity contribution < 1.29 is 9.90 Å². The number of hydrogen-bond acceptors (Lipinski definition) is 2. The summed E-state index contributed by atoms with van der Waals surface area (Å²) in [4.78, 5) is 11.7. The number of ketones is 1. The second-order valence-corrected chi connectivity index (χ2v) is 4.81. The van der Waals surface area contributed by atoms with Crippen LogP contribution in [0.5, 0.6) is 0 Å². The van der Waals surface area contributed by atoms with Crippen LogP contribution < -0.4 is 0 Å². The summed E-state index contributed by atoms with van der Waals surface area (Å²) in [6.07, 6.45) is 8.40. The van der Waals surface area contributed by atoms with E-state index in [1.54, 1.807) is 0 Å². The van der Waals surface area contributed by atoms with Crippen LogP contribution in [0.4, 0.5) is 0 Å². The number of aliphatic hydroxyl groups excluding tert-OH is 1. The van der Waals surface area contributed by atoms with E-state index in [1.165, 1.54) is 12.8 Å². The summed E-state index contributed by atoms with van der Waals surface area (Å²) >= 11 is 0. The Hall–Kier alpha value is -0.370. The number of aliphatic hydroxyl groups is 1. The van der Waals surface area contributed by atoms with Crippen molar-refractivity contribution in [3.63, 3.8) is 0 Å². The lowest BCUT2D eigenvalue weighted by atomic mass is 9.76. The first-order valence-electron chi connectivity index (χ1n) is 6.41. The minimum atomic E-state index is 0.263. The lowest BCUT2D eigenvalue weighted by molar-refractivity contribution is -0.126. The Morgan fingerprint density at radius 2 is 2.13 bits per heavy atom. The van der Waals surface area contributed by atoms with Crippen LogP contribution in [-0.4, -0.2) is 17.5 Å². The third-order valence-electron chi connectivity index (χ3n) is 3.53. The largest absolute Gasteiger partial charge is 0.396 e. The quantitative estimate of drug-likeness (QED) is 0.687. The van der Waals surface area contributed by atoms with Crippen LogP contribution >= 0.6 is 0 Å². The molecule has 1 aliphatic rings.